The van der Waals surface area contributed by atoms with Gasteiger partial charge in [-0.15, -0.1) is 0 Å². The second-order valence-corrected chi connectivity index (χ2v) is 8.72. The second-order valence-electron chi connectivity index (χ2n) is 6.12. The van der Waals surface area contributed by atoms with E-state index in [1.54, 1.807) is 6.07 Å². The van der Waals surface area contributed by atoms with Crippen molar-refractivity contribution in [2.75, 3.05) is 20.6 Å². The lowest BCUT2D eigenvalue weighted by Gasteiger charge is -2.24. The maximum absolute atomic E-state index is 12.6. The van der Waals surface area contributed by atoms with Crippen molar-refractivity contribution in [3.05, 3.63) is 28.2 Å². The molecule has 6 heteroatoms. The molecule has 0 radical (unpaired) electrons. The van der Waals surface area contributed by atoms with E-state index in [0.717, 1.165) is 16.5 Å². The zero-order valence-electron chi connectivity index (χ0n) is 13.4. The average molecular weight is 377 g/mol. The van der Waals surface area contributed by atoms with Crippen molar-refractivity contribution in [3.8, 4) is 0 Å². The molecule has 1 rings (SSSR count). The van der Waals surface area contributed by atoms with Gasteiger partial charge in [0.05, 0.1) is 4.90 Å². The van der Waals surface area contributed by atoms with Crippen LogP contribution in [0.5, 0.6) is 0 Å². The van der Waals surface area contributed by atoms with Crippen LogP contribution in [0.2, 0.25) is 0 Å². The standard InChI is InChI=1S/C15H25BrN2O2S/c1-11(2)8-14(10-18(4)5)17-21(19,20)15-9-13(16)7-6-12(15)3/h6-7,9,11,14,17H,8,10H2,1-5H3. The van der Waals surface area contributed by atoms with Crippen LogP contribution in [0.15, 0.2) is 27.6 Å². The molecule has 4 nitrogen and oxygen atoms in total. The Kier molecular flexibility index (Phi) is 6.84. The lowest BCUT2D eigenvalue weighted by atomic mass is 10.0. The van der Waals surface area contributed by atoms with E-state index in [2.05, 4.69) is 34.5 Å². The fourth-order valence-electron chi connectivity index (χ4n) is 2.32. The van der Waals surface area contributed by atoms with Crippen molar-refractivity contribution >= 4 is 26.0 Å². The first-order chi connectivity index (χ1) is 9.61. The Labute approximate surface area is 137 Å². The molecule has 0 heterocycles. The Morgan fingerprint density at radius 2 is 1.90 bits per heavy atom. The molecular formula is C15H25BrN2O2S. The number of nitrogens with zero attached hydrogens (tertiary/aromatic N) is 1. The van der Waals surface area contributed by atoms with E-state index < -0.39 is 10.0 Å². The largest absolute Gasteiger partial charge is 0.308 e. The van der Waals surface area contributed by atoms with Crippen LogP contribution in [0.4, 0.5) is 0 Å². The molecule has 0 aromatic heterocycles. The summed E-state index contributed by atoms with van der Waals surface area (Å²) in [5.41, 5.74) is 0.749. The minimum absolute atomic E-state index is 0.0941. The van der Waals surface area contributed by atoms with Gasteiger partial charge in [0, 0.05) is 17.1 Å². The lowest BCUT2D eigenvalue weighted by molar-refractivity contribution is 0.329. The number of hydrogen-bond acceptors (Lipinski definition) is 3. The molecule has 0 fully saturated rings. The van der Waals surface area contributed by atoms with Crippen molar-refractivity contribution < 1.29 is 8.42 Å². The van der Waals surface area contributed by atoms with E-state index in [4.69, 9.17) is 0 Å². The average Bonchev–Trinajstić information content (AvgIpc) is 2.29. The van der Waals surface area contributed by atoms with E-state index in [9.17, 15) is 8.42 Å². The van der Waals surface area contributed by atoms with E-state index in [1.165, 1.54) is 0 Å². The maximum Gasteiger partial charge on any atom is 0.241 e. The van der Waals surface area contributed by atoms with Crippen LogP contribution in [0, 0.1) is 12.8 Å². The zero-order chi connectivity index (χ0) is 16.2. The Morgan fingerprint density at radius 1 is 1.29 bits per heavy atom. The molecule has 0 aliphatic heterocycles. The third-order valence-electron chi connectivity index (χ3n) is 3.10. The summed E-state index contributed by atoms with van der Waals surface area (Å²) in [6.45, 7) is 6.69. The predicted molar refractivity (Wildman–Crippen MR) is 91.0 cm³/mol. The fraction of sp³-hybridized carbons (Fsp3) is 0.600. The van der Waals surface area contributed by atoms with Crippen LogP contribution in [-0.2, 0) is 10.0 Å². The molecule has 0 amide bonds. The van der Waals surface area contributed by atoms with Gasteiger partial charge in [-0.3, -0.25) is 0 Å². The number of nitrogens with one attached hydrogen (secondary N) is 1. The van der Waals surface area contributed by atoms with E-state index in [0.29, 0.717) is 17.4 Å². The predicted octanol–water partition coefficient (Wildman–Crippen LogP) is 3.01. The first-order valence-electron chi connectivity index (χ1n) is 7.05. The summed E-state index contributed by atoms with van der Waals surface area (Å²) in [4.78, 5) is 2.34. The van der Waals surface area contributed by atoms with Gasteiger partial charge in [0.25, 0.3) is 0 Å². The third kappa shape index (κ3) is 6.06. The highest BCUT2D eigenvalue weighted by Crippen LogP contribution is 2.21. The highest BCUT2D eigenvalue weighted by molar-refractivity contribution is 9.10. The summed E-state index contributed by atoms with van der Waals surface area (Å²) < 4.78 is 28.9. The van der Waals surface area contributed by atoms with E-state index >= 15 is 0 Å². The third-order valence-corrected chi connectivity index (χ3v) is 5.26. The van der Waals surface area contributed by atoms with Crippen molar-refractivity contribution in [1.82, 2.24) is 9.62 Å². The molecule has 0 spiro atoms. The van der Waals surface area contributed by atoms with Gasteiger partial charge < -0.3 is 4.90 Å². The summed E-state index contributed by atoms with van der Waals surface area (Å²) in [6, 6.07) is 5.21. The first kappa shape index (κ1) is 18.6. The molecular weight excluding hydrogens is 352 g/mol. The Morgan fingerprint density at radius 3 is 2.43 bits per heavy atom. The minimum atomic E-state index is -3.51. The number of halogens is 1. The summed E-state index contributed by atoms with van der Waals surface area (Å²) in [7, 11) is 0.390. The van der Waals surface area contributed by atoms with Gasteiger partial charge in [-0.2, -0.15) is 0 Å². The first-order valence-corrected chi connectivity index (χ1v) is 9.32. The van der Waals surface area contributed by atoms with Crippen LogP contribution < -0.4 is 4.72 Å². The van der Waals surface area contributed by atoms with Gasteiger partial charge in [-0.05, 0) is 51.1 Å². The smallest absolute Gasteiger partial charge is 0.241 e. The molecule has 1 aromatic rings. The number of likely N-dealkylation sites (N-methyl/N-ethyl adjacent to an activating group) is 1. The summed E-state index contributed by atoms with van der Waals surface area (Å²) in [6.07, 6.45) is 0.810. The highest BCUT2D eigenvalue weighted by Gasteiger charge is 2.23. The number of hydrogen-bond donors (Lipinski definition) is 1. The molecule has 0 saturated carbocycles. The fourth-order valence-corrected chi connectivity index (χ4v) is 4.34. The SMILES string of the molecule is Cc1ccc(Br)cc1S(=O)(=O)NC(CC(C)C)CN(C)C. The van der Waals surface area contributed by atoms with Gasteiger partial charge in [-0.25, -0.2) is 13.1 Å². The van der Waals surface area contributed by atoms with Crippen LogP contribution in [0.25, 0.3) is 0 Å². The Balaban J connectivity index is 3.02. The minimum Gasteiger partial charge on any atom is -0.308 e. The molecule has 120 valence electrons. The molecule has 1 aromatic carbocycles. The molecule has 21 heavy (non-hydrogen) atoms. The molecule has 1 atom stereocenters. The summed E-state index contributed by atoms with van der Waals surface area (Å²) in [5, 5.41) is 0. The molecule has 1 unspecified atom stereocenters. The lowest BCUT2D eigenvalue weighted by Crippen LogP contribution is -2.42. The van der Waals surface area contributed by atoms with Gasteiger partial charge in [0.1, 0.15) is 0 Å². The zero-order valence-corrected chi connectivity index (χ0v) is 15.8. The summed E-state index contributed by atoms with van der Waals surface area (Å²) in [5.74, 6) is 0.432. The van der Waals surface area contributed by atoms with Crippen molar-refractivity contribution in [3.63, 3.8) is 0 Å². The number of rotatable bonds is 7. The van der Waals surface area contributed by atoms with Gasteiger partial charge in [-0.1, -0.05) is 35.8 Å². The summed E-state index contributed by atoms with van der Waals surface area (Å²) >= 11 is 3.34. The van der Waals surface area contributed by atoms with Crippen LogP contribution in [0.1, 0.15) is 25.8 Å². The topological polar surface area (TPSA) is 49.4 Å². The van der Waals surface area contributed by atoms with Crippen LogP contribution >= 0.6 is 15.9 Å². The van der Waals surface area contributed by atoms with Gasteiger partial charge >= 0.3 is 0 Å². The highest BCUT2D eigenvalue weighted by atomic mass is 79.9. The monoisotopic (exact) mass is 376 g/mol. The van der Waals surface area contributed by atoms with Crippen molar-refractivity contribution in [2.45, 2.75) is 38.1 Å². The molecule has 0 aliphatic carbocycles. The Bertz CT molecular complexity index is 561. The van der Waals surface area contributed by atoms with Gasteiger partial charge in [0.15, 0.2) is 0 Å². The number of aryl methyl sites for hydroxylation is 1. The number of benzene rings is 1. The quantitative estimate of drug-likeness (QED) is 0.795. The van der Waals surface area contributed by atoms with E-state index in [1.807, 2.05) is 38.1 Å². The maximum atomic E-state index is 12.6. The van der Waals surface area contributed by atoms with Gasteiger partial charge in [0.2, 0.25) is 10.0 Å². The van der Waals surface area contributed by atoms with Crippen molar-refractivity contribution in [2.24, 2.45) is 5.92 Å². The van der Waals surface area contributed by atoms with E-state index in [-0.39, 0.29) is 6.04 Å². The molecule has 0 bridgehead atoms. The van der Waals surface area contributed by atoms with Crippen molar-refractivity contribution in [1.29, 1.82) is 0 Å². The molecule has 0 saturated heterocycles. The normalized spacial score (nSPS) is 13.9. The molecule has 1 N–H and O–H groups in total. The van der Waals surface area contributed by atoms with Crippen LogP contribution in [0.3, 0.4) is 0 Å². The molecule has 0 aliphatic rings. The van der Waals surface area contributed by atoms with Crippen LogP contribution in [-0.4, -0.2) is 40.0 Å². The second kappa shape index (κ2) is 7.72. The number of sulfonamides is 1. The Hall–Kier alpha value is -0.430.